The van der Waals surface area contributed by atoms with E-state index in [4.69, 9.17) is 4.74 Å². The summed E-state index contributed by atoms with van der Waals surface area (Å²) in [7, 11) is 0. The van der Waals surface area contributed by atoms with Crippen LogP contribution in [0.4, 0.5) is 10.1 Å². The number of halogens is 1. The van der Waals surface area contributed by atoms with Gasteiger partial charge >= 0.3 is 5.97 Å². The van der Waals surface area contributed by atoms with Crippen molar-refractivity contribution in [1.29, 1.82) is 0 Å². The van der Waals surface area contributed by atoms with Crippen molar-refractivity contribution in [2.45, 2.75) is 76.9 Å². The smallest absolute Gasteiger partial charge is 0.358 e. The first-order valence-corrected chi connectivity index (χ1v) is 12.0. The first-order valence-electron chi connectivity index (χ1n) is 12.0. The fourth-order valence-corrected chi connectivity index (χ4v) is 4.85. The molecule has 2 heterocycles. The topological polar surface area (TPSA) is 93.5 Å². The minimum absolute atomic E-state index is 0.00549. The summed E-state index contributed by atoms with van der Waals surface area (Å²) in [6.07, 6.45) is 7.35. The van der Waals surface area contributed by atoms with E-state index >= 15 is 0 Å². The molecule has 9 heteroatoms. The maximum atomic E-state index is 14.1. The van der Waals surface area contributed by atoms with Crippen molar-refractivity contribution in [2.75, 3.05) is 11.5 Å². The molecular formula is C25H31FN4O4. The summed E-state index contributed by atoms with van der Waals surface area (Å²) < 4.78 is 20.5. The second-order valence-corrected chi connectivity index (χ2v) is 9.20. The number of carbonyl (C=O) groups is 3. The van der Waals surface area contributed by atoms with E-state index < -0.39 is 23.2 Å². The van der Waals surface area contributed by atoms with Gasteiger partial charge in [0.1, 0.15) is 17.1 Å². The molecule has 1 saturated carbocycles. The molecule has 1 aliphatic heterocycles. The van der Waals surface area contributed by atoms with Gasteiger partial charge in [0.25, 0.3) is 5.91 Å². The Kier molecular flexibility index (Phi) is 7.00. The molecule has 182 valence electrons. The zero-order valence-electron chi connectivity index (χ0n) is 19.7. The molecule has 34 heavy (non-hydrogen) atoms. The minimum Gasteiger partial charge on any atom is -0.461 e. The molecule has 1 N–H and O–H groups in total. The highest BCUT2D eigenvalue weighted by Crippen LogP contribution is 2.33. The number of hydrogen-bond donors (Lipinski definition) is 1. The third-order valence-electron chi connectivity index (χ3n) is 6.63. The highest BCUT2D eigenvalue weighted by atomic mass is 19.1. The molecule has 1 aromatic carbocycles. The van der Waals surface area contributed by atoms with Crippen LogP contribution in [0.2, 0.25) is 0 Å². The van der Waals surface area contributed by atoms with Gasteiger partial charge in [-0.3, -0.25) is 19.2 Å². The predicted molar refractivity (Wildman–Crippen MR) is 124 cm³/mol. The van der Waals surface area contributed by atoms with E-state index in [0.29, 0.717) is 0 Å². The quantitative estimate of drug-likeness (QED) is 0.670. The van der Waals surface area contributed by atoms with Crippen LogP contribution >= 0.6 is 0 Å². The summed E-state index contributed by atoms with van der Waals surface area (Å²) >= 11 is 0. The number of ether oxygens (including phenoxy) is 1. The Hall–Kier alpha value is -3.23. The van der Waals surface area contributed by atoms with Crippen molar-refractivity contribution in [2.24, 2.45) is 0 Å². The van der Waals surface area contributed by atoms with Crippen molar-refractivity contribution in [3.8, 4) is 0 Å². The second kappa shape index (κ2) is 9.95. The summed E-state index contributed by atoms with van der Waals surface area (Å²) in [6.45, 7) is 3.53. The number of esters is 1. The number of hydrogen-bond acceptors (Lipinski definition) is 5. The Morgan fingerprint density at radius 2 is 1.88 bits per heavy atom. The van der Waals surface area contributed by atoms with Gasteiger partial charge < -0.3 is 10.1 Å². The van der Waals surface area contributed by atoms with Gasteiger partial charge in [0.05, 0.1) is 13.2 Å². The molecule has 4 rings (SSSR count). The second-order valence-electron chi connectivity index (χ2n) is 9.20. The van der Waals surface area contributed by atoms with Crippen molar-refractivity contribution in [3.05, 3.63) is 47.5 Å². The van der Waals surface area contributed by atoms with Crippen LogP contribution in [0, 0.1) is 5.82 Å². The lowest BCUT2D eigenvalue weighted by Gasteiger charge is -2.43. The van der Waals surface area contributed by atoms with Crippen LogP contribution in [-0.2, 0) is 16.1 Å². The number of nitrogens with one attached hydrogen (secondary N) is 1. The summed E-state index contributed by atoms with van der Waals surface area (Å²) in [5.41, 5.74) is -0.971. The molecule has 0 radical (unpaired) electrons. The molecule has 1 atom stereocenters. The zero-order valence-corrected chi connectivity index (χ0v) is 19.7. The van der Waals surface area contributed by atoms with E-state index in [1.165, 1.54) is 40.3 Å². The van der Waals surface area contributed by atoms with E-state index in [2.05, 4.69) is 10.4 Å². The molecule has 2 aliphatic rings. The molecule has 2 aromatic rings. The Balaban J connectivity index is 1.71. The van der Waals surface area contributed by atoms with E-state index in [1.54, 1.807) is 19.9 Å². The summed E-state index contributed by atoms with van der Waals surface area (Å²) in [6, 6.07) is 6.99. The van der Waals surface area contributed by atoms with Crippen LogP contribution < -0.4 is 10.2 Å². The van der Waals surface area contributed by atoms with Gasteiger partial charge in [0.2, 0.25) is 5.91 Å². The molecule has 8 nitrogen and oxygen atoms in total. The largest absolute Gasteiger partial charge is 0.461 e. The molecule has 0 bridgehead atoms. The van der Waals surface area contributed by atoms with Gasteiger partial charge in [-0.2, -0.15) is 5.10 Å². The number of rotatable bonds is 5. The molecule has 1 aromatic heterocycles. The molecule has 2 amide bonds. The van der Waals surface area contributed by atoms with Gasteiger partial charge in [-0.25, -0.2) is 9.18 Å². The standard InChI is InChI=1S/C25H31FN4O4/c1-3-34-23(32)20-15-21-22(31)30(19-13-9-10-17(26)14-19)25(2,16-29(21)28-20)24(33)27-18-11-7-5-4-6-8-12-18/h9-10,13-15,18H,3-8,11-12,16H2,1-2H3,(H,27,33)/t25-/m0/s1. The van der Waals surface area contributed by atoms with Crippen LogP contribution in [0.25, 0.3) is 0 Å². The SMILES string of the molecule is CCOC(=O)c1cc2n(n1)C[C@@](C)(C(=O)NC1CCCCCCC1)N(c1cccc(F)c1)C2=O. The Morgan fingerprint density at radius 3 is 2.56 bits per heavy atom. The normalized spacial score (nSPS) is 21.4. The highest BCUT2D eigenvalue weighted by molar-refractivity contribution is 6.12. The maximum Gasteiger partial charge on any atom is 0.358 e. The zero-order chi connectivity index (χ0) is 24.3. The number of carbonyl (C=O) groups excluding carboxylic acids is 3. The molecule has 0 unspecified atom stereocenters. The van der Waals surface area contributed by atoms with Crippen LogP contribution in [0.1, 0.15) is 79.8 Å². The Labute approximate surface area is 198 Å². The number of aromatic nitrogens is 2. The van der Waals surface area contributed by atoms with Crippen LogP contribution in [0.5, 0.6) is 0 Å². The summed E-state index contributed by atoms with van der Waals surface area (Å²) in [5, 5.41) is 7.41. The third-order valence-corrected chi connectivity index (χ3v) is 6.63. The summed E-state index contributed by atoms with van der Waals surface area (Å²) in [4.78, 5) is 40.9. The fraction of sp³-hybridized carbons (Fsp3) is 0.520. The number of nitrogens with zero attached hydrogens (tertiary/aromatic N) is 3. The van der Waals surface area contributed by atoms with Crippen molar-refractivity contribution < 1.29 is 23.5 Å². The Morgan fingerprint density at radius 1 is 1.18 bits per heavy atom. The lowest BCUT2D eigenvalue weighted by Crippen LogP contribution is -2.65. The lowest BCUT2D eigenvalue weighted by molar-refractivity contribution is -0.127. The first-order chi connectivity index (χ1) is 16.3. The average molecular weight is 471 g/mol. The predicted octanol–water partition coefficient (Wildman–Crippen LogP) is 3.85. The van der Waals surface area contributed by atoms with E-state index in [0.717, 1.165) is 38.5 Å². The molecule has 1 fully saturated rings. The minimum atomic E-state index is -1.38. The number of anilines is 1. The van der Waals surface area contributed by atoms with Crippen LogP contribution in [0.3, 0.4) is 0 Å². The molecule has 0 saturated heterocycles. The van der Waals surface area contributed by atoms with Gasteiger partial charge in [0.15, 0.2) is 5.69 Å². The van der Waals surface area contributed by atoms with E-state index in [9.17, 15) is 18.8 Å². The summed E-state index contributed by atoms with van der Waals surface area (Å²) in [5.74, 6) is -2.01. The molecule has 0 spiro atoms. The van der Waals surface area contributed by atoms with E-state index in [-0.39, 0.29) is 42.2 Å². The van der Waals surface area contributed by atoms with Crippen molar-refractivity contribution in [1.82, 2.24) is 15.1 Å². The van der Waals surface area contributed by atoms with Gasteiger partial charge in [0, 0.05) is 17.8 Å². The van der Waals surface area contributed by atoms with Gasteiger partial charge in [-0.1, -0.05) is 38.2 Å². The lowest BCUT2D eigenvalue weighted by atomic mass is 9.91. The molecular weight excluding hydrogens is 439 g/mol. The monoisotopic (exact) mass is 470 g/mol. The number of fused-ring (bicyclic) bond motifs is 1. The average Bonchev–Trinajstić information content (AvgIpc) is 3.20. The number of benzene rings is 1. The fourth-order valence-electron chi connectivity index (χ4n) is 4.85. The third kappa shape index (κ3) is 4.69. The van der Waals surface area contributed by atoms with Crippen molar-refractivity contribution >= 4 is 23.5 Å². The van der Waals surface area contributed by atoms with Crippen molar-refractivity contribution in [3.63, 3.8) is 0 Å². The van der Waals surface area contributed by atoms with Gasteiger partial charge in [-0.05, 0) is 44.9 Å². The first kappa shape index (κ1) is 23.9. The van der Waals surface area contributed by atoms with Gasteiger partial charge in [-0.15, -0.1) is 0 Å². The molecule has 1 aliphatic carbocycles. The van der Waals surface area contributed by atoms with Crippen LogP contribution in [-0.4, -0.2) is 45.8 Å². The number of amides is 2. The van der Waals surface area contributed by atoms with E-state index in [1.807, 2.05) is 0 Å². The highest BCUT2D eigenvalue weighted by Gasteiger charge is 2.49. The maximum absolute atomic E-state index is 14.1. The Bertz CT molecular complexity index is 1080. The van der Waals surface area contributed by atoms with Crippen LogP contribution in [0.15, 0.2) is 30.3 Å².